The molecular weight excluding hydrogens is 312 g/mol. The topological polar surface area (TPSA) is 32.8 Å². The van der Waals surface area contributed by atoms with E-state index in [4.69, 9.17) is 4.74 Å². The van der Waals surface area contributed by atoms with Crippen LogP contribution in [-0.2, 0) is 16.1 Å². The van der Waals surface area contributed by atoms with Gasteiger partial charge in [-0.1, -0.05) is 30.3 Å². The number of likely N-dealkylation sites (tertiary alicyclic amines) is 2. The van der Waals surface area contributed by atoms with E-state index in [1.807, 2.05) is 18.2 Å². The van der Waals surface area contributed by atoms with Gasteiger partial charge in [0.15, 0.2) is 0 Å². The number of hydrogen-bond donors (Lipinski definition) is 0. The van der Waals surface area contributed by atoms with Crippen molar-refractivity contribution in [2.24, 2.45) is 5.92 Å². The molecule has 3 rings (SSSR count). The van der Waals surface area contributed by atoms with Crippen molar-refractivity contribution in [3.63, 3.8) is 0 Å². The van der Waals surface area contributed by atoms with Crippen LogP contribution in [0.3, 0.4) is 0 Å². The molecule has 1 amide bonds. The van der Waals surface area contributed by atoms with E-state index in [0.717, 1.165) is 51.9 Å². The van der Waals surface area contributed by atoms with Crippen molar-refractivity contribution in [3.05, 3.63) is 35.9 Å². The highest BCUT2D eigenvalue weighted by Gasteiger charge is 2.32. The van der Waals surface area contributed by atoms with Gasteiger partial charge in [0.05, 0.1) is 18.6 Å². The molecule has 0 bridgehead atoms. The van der Waals surface area contributed by atoms with Crippen molar-refractivity contribution in [3.8, 4) is 0 Å². The summed E-state index contributed by atoms with van der Waals surface area (Å²) in [6.45, 7) is 8.88. The highest BCUT2D eigenvalue weighted by Crippen LogP contribution is 2.23. The molecule has 1 aromatic carbocycles. The third-order valence-electron chi connectivity index (χ3n) is 5.61. The van der Waals surface area contributed by atoms with E-state index in [9.17, 15) is 4.79 Å². The van der Waals surface area contributed by atoms with Crippen molar-refractivity contribution in [2.45, 2.75) is 58.3 Å². The highest BCUT2D eigenvalue weighted by atomic mass is 16.5. The fraction of sp³-hybridized carbons (Fsp3) is 0.667. The van der Waals surface area contributed by atoms with Gasteiger partial charge in [0.2, 0.25) is 5.91 Å². The van der Waals surface area contributed by atoms with Gasteiger partial charge >= 0.3 is 0 Å². The first-order valence-electron chi connectivity index (χ1n) is 9.82. The molecule has 1 atom stereocenters. The summed E-state index contributed by atoms with van der Waals surface area (Å²) in [4.78, 5) is 17.4. The van der Waals surface area contributed by atoms with Crippen LogP contribution in [0.4, 0.5) is 0 Å². The molecule has 1 aromatic rings. The number of rotatable bonds is 5. The zero-order chi connectivity index (χ0) is 17.6. The standard InChI is InChI=1S/C21H32N2O2/c1-17(2)23-12-6-9-19(15-23)21(24)22-13-10-20(11-14-22)25-16-18-7-4-3-5-8-18/h3-5,7-8,17,19-20H,6,9-16H2,1-2H3/t19-/m1/s1. The maximum Gasteiger partial charge on any atom is 0.226 e. The number of carbonyl (C=O) groups excluding carboxylic acids is 1. The Morgan fingerprint density at radius 1 is 1.12 bits per heavy atom. The maximum atomic E-state index is 12.9. The summed E-state index contributed by atoms with van der Waals surface area (Å²) in [5.41, 5.74) is 1.22. The van der Waals surface area contributed by atoms with Crippen molar-refractivity contribution in [1.29, 1.82) is 0 Å². The molecule has 0 aliphatic carbocycles. The van der Waals surface area contributed by atoms with Gasteiger partial charge in [-0.3, -0.25) is 4.79 Å². The number of nitrogens with zero attached hydrogens (tertiary/aromatic N) is 2. The smallest absolute Gasteiger partial charge is 0.226 e. The maximum absolute atomic E-state index is 12.9. The summed E-state index contributed by atoms with van der Waals surface area (Å²) in [6.07, 6.45) is 4.39. The Hall–Kier alpha value is -1.39. The van der Waals surface area contributed by atoms with Crippen LogP contribution < -0.4 is 0 Å². The highest BCUT2D eigenvalue weighted by molar-refractivity contribution is 5.79. The Morgan fingerprint density at radius 3 is 2.52 bits per heavy atom. The quantitative estimate of drug-likeness (QED) is 0.821. The first-order valence-corrected chi connectivity index (χ1v) is 9.82. The van der Waals surface area contributed by atoms with E-state index in [0.29, 0.717) is 18.6 Å². The molecule has 0 N–H and O–H groups in total. The molecule has 2 fully saturated rings. The van der Waals surface area contributed by atoms with Crippen molar-refractivity contribution < 1.29 is 9.53 Å². The van der Waals surface area contributed by atoms with Crippen LogP contribution in [0.25, 0.3) is 0 Å². The fourth-order valence-corrected chi connectivity index (χ4v) is 3.97. The predicted molar refractivity (Wildman–Crippen MR) is 100 cm³/mol. The van der Waals surface area contributed by atoms with E-state index >= 15 is 0 Å². The molecule has 4 heteroatoms. The monoisotopic (exact) mass is 344 g/mol. The van der Waals surface area contributed by atoms with Crippen LogP contribution in [0.15, 0.2) is 30.3 Å². The van der Waals surface area contributed by atoms with E-state index in [1.54, 1.807) is 0 Å². The van der Waals surface area contributed by atoms with E-state index < -0.39 is 0 Å². The third-order valence-corrected chi connectivity index (χ3v) is 5.61. The largest absolute Gasteiger partial charge is 0.373 e. The van der Waals surface area contributed by atoms with Crippen LogP contribution in [-0.4, -0.2) is 54.0 Å². The lowest BCUT2D eigenvalue weighted by Gasteiger charge is -2.39. The summed E-state index contributed by atoms with van der Waals surface area (Å²) in [6, 6.07) is 10.9. The molecular formula is C21H32N2O2. The predicted octanol–water partition coefficient (Wildman–Crippen LogP) is 3.31. The van der Waals surface area contributed by atoms with Gasteiger partial charge in [-0.25, -0.2) is 0 Å². The Morgan fingerprint density at radius 2 is 1.84 bits per heavy atom. The molecule has 0 radical (unpaired) electrons. The Labute approximate surface area is 152 Å². The number of amides is 1. The minimum Gasteiger partial charge on any atom is -0.373 e. The number of hydrogen-bond acceptors (Lipinski definition) is 3. The van der Waals surface area contributed by atoms with Crippen LogP contribution >= 0.6 is 0 Å². The lowest BCUT2D eigenvalue weighted by atomic mass is 9.94. The SMILES string of the molecule is CC(C)N1CCC[C@@H](C(=O)N2CCC(OCc3ccccc3)CC2)C1. The van der Waals surface area contributed by atoms with Crippen LogP contribution in [0, 0.1) is 5.92 Å². The Bertz CT molecular complexity index is 538. The van der Waals surface area contributed by atoms with Gasteiger partial charge in [-0.05, 0) is 51.6 Å². The number of benzene rings is 1. The fourth-order valence-electron chi connectivity index (χ4n) is 3.97. The number of piperidine rings is 2. The summed E-state index contributed by atoms with van der Waals surface area (Å²) in [5, 5.41) is 0. The van der Waals surface area contributed by atoms with Crippen LogP contribution in [0.1, 0.15) is 45.1 Å². The van der Waals surface area contributed by atoms with Gasteiger partial charge in [0.1, 0.15) is 0 Å². The van der Waals surface area contributed by atoms with Crippen LogP contribution in [0.2, 0.25) is 0 Å². The van der Waals surface area contributed by atoms with Crippen molar-refractivity contribution in [2.75, 3.05) is 26.2 Å². The summed E-state index contributed by atoms with van der Waals surface area (Å²) < 4.78 is 6.04. The second-order valence-electron chi connectivity index (χ2n) is 7.75. The summed E-state index contributed by atoms with van der Waals surface area (Å²) in [5.74, 6) is 0.560. The molecule has 2 aliphatic rings. The van der Waals surface area contributed by atoms with Gasteiger partial charge in [0, 0.05) is 25.7 Å². The molecule has 2 saturated heterocycles. The average Bonchev–Trinajstić information content (AvgIpc) is 2.67. The zero-order valence-electron chi connectivity index (χ0n) is 15.7. The Kier molecular flexibility index (Phi) is 6.49. The summed E-state index contributed by atoms with van der Waals surface area (Å²) in [7, 11) is 0. The molecule has 2 heterocycles. The van der Waals surface area contributed by atoms with Crippen LogP contribution in [0.5, 0.6) is 0 Å². The normalized spacial score (nSPS) is 23.2. The molecule has 2 aliphatic heterocycles. The van der Waals surface area contributed by atoms with E-state index in [1.165, 1.54) is 5.56 Å². The Balaban J connectivity index is 1.43. The second-order valence-corrected chi connectivity index (χ2v) is 7.75. The molecule has 0 spiro atoms. The van der Waals surface area contributed by atoms with E-state index in [2.05, 4.69) is 35.8 Å². The van der Waals surface area contributed by atoms with Gasteiger partial charge in [-0.2, -0.15) is 0 Å². The molecule has 0 saturated carbocycles. The van der Waals surface area contributed by atoms with Gasteiger partial charge in [0.25, 0.3) is 0 Å². The lowest BCUT2D eigenvalue weighted by Crippen LogP contribution is -2.49. The average molecular weight is 344 g/mol. The third kappa shape index (κ3) is 5.05. The zero-order valence-corrected chi connectivity index (χ0v) is 15.7. The summed E-state index contributed by atoms with van der Waals surface area (Å²) >= 11 is 0. The molecule has 0 aromatic heterocycles. The lowest BCUT2D eigenvalue weighted by molar-refractivity contribution is -0.140. The van der Waals surface area contributed by atoms with Crippen molar-refractivity contribution >= 4 is 5.91 Å². The molecule has 4 nitrogen and oxygen atoms in total. The molecule has 0 unspecified atom stereocenters. The van der Waals surface area contributed by atoms with E-state index in [-0.39, 0.29) is 12.0 Å². The second kappa shape index (κ2) is 8.81. The first kappa shape index (κ1) is 18.4. The van der Waals surface area contributed by atoms with Crippen molar-refractivity contribution in [1.82, 2.24) is 9.80 Å². The first-order chi connectivity index (χ1) is 12.1. The minimum atomic E-state index is 0.193. The molecule has 25 heavy (non-hydrogen) atoms. The number of carbonyl (C=O) groups is 1. The van der Waals surface area contributed by atoms with Gasteiger partial charge in [-0.15, -0.1) is 0 Å². The van der Waals surface area contributed by atoms with Gasteiger partial charge < -0.3 is 14.5 Å². The minimum absolute atomic E-state index is 0.193. The number of ether oxygens (including phenoxy) is 1. The molecule has 138 valence electrons.